The Hall–Kier alpha value is -3.37. The molecule has 1 aliphatic rings. The van der Waals surface area contributed by atoms with Crippen molar-refractivity contribution in [3.05, 3.63) is 89.5 Å². The number of amides is 1. The third-order valence-corrected chi connectivity index (χ3v) is 8.42. The molecule has 0 bridgehead atoms. The summed E-state index contributed by atoms with van der Waals surface area (Å²) < 4.78 is 53.6. The first-order chi connectivity index (χ1) is 15.6. The van der Waals surface area contributed by atoms with Crippen molar-refractivity contribution in [2.24, 2.45) is 0 Å². The normalized spacial score (nSPS) is 17.4. The van der Waals surface area contributed by atoms with Gasteiger partial charge >= 0.3 is 0 Å². The predicted octanol–water partition coefficient (Wildman–Crippen LogP) is 3.30. The number of rotatable bonds is 7. The predicted molar refractivity (Wildman–Crippen MR) is 127 cm³/mol. The molecule has 0 saturated carbocycles. The fraction of sp³-hybridized carbons (Fsp3) is 0.174. The largest absolute Gasteiger partial charge is 0.381 e. The van der Waals surface area contributed by atoms with Gasteiger partial charge < -0.3 is 5.32 Å². The molecule has 1 atom stereocenters. The smallest absolute Gasteiger partial charge is 0.261 e. The molecule has 1 saturated heterocycles. The number of hydrogen-bond acceptors (Lipinski definition) is 6. The van der Waals surface area contributed by atoms with Gasteiger partial charge in [-0.3, -0.25) is 14.2 Å². The molecule has 0 spiro atoms. The molecule has 1 heterocycles. The molecule has 0 radical (unpaired) electrons. The number of sulfonamides is 2. The van der Waals surface area contributed by atoms with E-state index in [0.717, 1.165) is 16.8 Å². The second kappa shape index (κ2) is 8.87. The maximum Gasteiger partial charge on any atom is 0.261 e. The van der Waals surface area contributed by atoms with E-state index in [1.54, 1.807) is 60.7 Å². The first kappa shape index (κ1) is 22.8. The number of carbonyl (C=O) groups is 1. The molecule has 3 N–H and O–H groups in total. The third-order valence-electron chi connectivity index (χ3n) is 5.32. The van der Waals surface area contributed by atoms with E-state index >= 15 is 0 Å². The summed E-state index contributed by atoms with van der Waals surface area (Å²) in [5.41, 5.74) is 3.73. The standard InChI is InChI=1S/C23H23N3O5S2/c1-16-2-12-21(13-3-16)32(28,29)25-20-10-8-19(9-11-20)24-15-17-4-6-18(7-5-17)22-14-23(27)26-33(22,30)31/h2-13,22,24-25H,14-15H2,1H3,(H,26,27). The van der Waals surface area contributed by atoms with E-state index < -0.39 is 31.2 Å². The van der Waals surface area contributed by atoms with E-state index in [-0.39, 0.29) is 11.3 Å². The highest BCUT2D eigenvalue weighted by atomic mass is 32.2. The van der Waals surface area contributed by atoms with Crippen molar-refractivity contribution in [2.75, 3.05) is 10.0 Å². The molecular weight excluding hydrogens is 462 g/mol. The molecule has 1 fully saturated rings. The van der Waals surface area contributed by atoms with E-state index in [1.807, 2.05) is 23.8 Å². The van der Waals surface area contributed by atoms with Crippen LogP contribution >= 0.6 is 0 Å². The topological polar surface area (TPSA) is 121 Å². The first-order valence-electron chi connectivity index (χ1n) is 10.2. The lowest BCUT2D eigenvalue weighted by molar-refractivity contribution is -0.118. The lowest BCUT2D eigenvalue weighted by Crippen LogP contribution is -2.21. The van der Waals surface area contributed by atoms with Crippen LogP contribution in [0.25, 0.3) is 0 Å². The van der Waals surface area contributed by atoms with Gasteiger partial charge in [-0.25, -0.2) is 16.8 Å². The maximum atomic E-state index is 12.5. The molecule has 33 heavy (non-hydrogen) atoms. The van der Waals surface area contributed by atoms with Crippen LogP contribution in [0.15, 0.2) is 77.7 Å². The van der Waals surface area contributed by atoms with Crippen LogP contribution < -0.4 is 14.8 Å². The average molecular weight is 486 g/mol. The lowest BCUT2D eigenvalue weighted by atomic mass is 10.1. The van der Waals surface area contributed by atoms with Gasteiger partial charge in [0, 0.05) is 17.9 Å². The molecule has 0 aliphatic carbocycles. The Bertz CT molecular complexity index is 1370. The van der Waals surface area contributed by atoms with Gasteiger partial charge in [-0.2, -0.15) is 0 Å². The SMILES string of the molecule is Cc1ccc(S(=O)(=O)Nc2ccc(NCc3ccc(C4CC(=O)NS4(=O)=O)cc3)cc2)cc1. The minimum atomic E-state index is -3.66. The highest BCUT2D eigenvalue weighted by Gasteiger charge is 2.37. The summed E-state index contributed by atoms with van der Waals surface area (Å²) in [6.07, 6.45) is -0.0695. The molecular formula is C23H23N3O5S2. The molecule has 3 aromatic rings. The summed E-state index contributed by atoms with van der Waals surface area (Å²) in [5, 5.41) is 2.38. The molecule has 172 valence electrons. The number of nitrogens with one attached hydrogen (secondary N) is 3. The van der Waals surface area contributed by atoms with E-state index in [2.05, 4.69) is 10.0 Å². The van der Waals surface area contributed by atoms with Gasteiger partial charge in [0.1, 0.15) is 5.25 Å². The summed E-state index contributed by atoms with van der Waals surface area (Å²) in [4.78, 5) is 11.6. The van der Waals surface area contributed by atoms with Crippen LogP contribution in [0.5, 0.6) is 0 Å². The van der Waals surface area contributed by atoms with Gasteiger partial charge in [0.2, 0.25) is 15.9 Å². The molecule has 1 aliphatic heterocycles. The second-order valence-electron chi connectivity index (χ2n) is 7.85. The lowest BCUT2D eigenvalue weighted by Gasteiger charge is -2.11. The maximum absolute atomic E-state index is 12.5. The molecule has 10 heteroatoms. The number of aryl methyl sites for hydroxylation is 1. The summed E-state index contributed by atoms with van der Waals surface area (Å²) in [6, 6.07) is 20.5. The van der Waals surface area contributed by atoms with E-state index in [1.165, 1.54) is 0 Å². The van der Waals surface area contributed by atoms with Crippen molar-refractivity contribution < 1.29 is 21.6 Å². The Morgan fingerprint density at radius 3 is 2.09 bits per heavy atom. The van der Waals surface area contributed by atoms with E-state index in [9.17, 15) is 21.6 Å². The summed E-state index contributed by atoms with van der Waals surface area (Å²) in [5.74, 6) is -0.490. The molecule has 1 unspecified atom stereocenters. The minimum Gasteiger partial charge on any atom is -0.381 e. The zero-order chi connectivity index (χ0) is 23.6. The fourth-order valence-electron chi connectivity index (χ4n) is 3.49. The van der Waals surface area contributed by atoms with Crippen LogP contribution in [-0.2, 0) is 31.4 Å². The highest BCUT2D eigenvalue weighted by molar-refractivity contribution is 7.92. The molecule has 4 rings (SSSR count). The van der Waals surface area contributed by atoms with E-state index in [0.29, 0.717) is 17.8 Å². The Balaban J connectivity index is 1.36. The monoisotopic (exact) mass is 485 g/mol. The summed E-state index contributed by atoms with van der Waals surface area (Å²) in [7, 11) is -7.32. The van der Waals surface area contributed by atoms with Gasteiger partial charge in [0.25, 0.3) is 10.0 Å². The number of anilines is 2. The van der Waals surface area contributed by atoms with Crippen molar-refractivity contribution in [2.45, 2.75) is 30.0 Å². The van der Waals surface area contributed by atoms with Crippen molar-refractivity contribution >= 4 is 37.3 Å². The van der Waals surface area contributed by atoms with Crippen LogP contribution in [0.2, 0.25) is 0 Å². The van der Waals surface area contributed by atoms with Crippen LogP contribution in [-0.4, -0.2) is 22.7 Å². The van der Waals surface area contributed by atoms with Crippen LogP contribution in [0.4, 0.5) is 11.4 Å². The van der Waals surface area contributed by atoms with Crippen molar-refractivity contribution in [1.29, 1.82) is 0 Å². The third kappa shape index (κ3) is 5.35. The minimum absolute atomic E-state index is 0.0695. The zero-order valence-electron chi connectivity index (χ0n) is 17.8. The van der Waals surface area contributed by atoms with Crippen LogP contribution in [0, 0.1) is 6.92 Å². The van der Waals surface area contributed by atoms with Gasteiger partial charge in [-0.15, -0.1) is 0 Å². The van der Waals surface area contributed by atoms with Gasteiger partial charge in [0.15, 0.2) is 0 Å². The Labute approximate surface area is 193 Å². The van der Waals surface area contributed by atoms with Crippen molar-refractivity contribution in [1.82, 2.24) is 4.72 Å². The van der Waals surface area contributed by atoms with Crippen LogP contribution in [0.1, 0.15) is 28.4 Å². The average Bonchev–Trinajstić information content (AvgIpc) is 3.05. The number of hydrogen-bond donors (Lipinski definition) is 3. The van der Waals surface area contributed by atoms with Crippen molar-refractivity contribution in [3.63, 3.8) is 0 Å². The molecule has 8 nitrogen and oxygen atoms in total. The summed E-state index contributed by atoms with van der Waals surface area (Å²) in [6.45, 7) is 2.38. The van der Waals surface area contributed by atoms with Crippen LogP contribution in [0.3, 0.4) is 0 Å². The first-order valence-corrected chi connectivity index (χ1v) is 13.2. The Morgan fingerprint density at radius 2 is 1.52 bits per heavy atom. The van der Waals surface area contributed by atoms with Gasteiger partial charge in [-0.05, 0) is 54.4 Å². The number of benzene rings is 3. The highest BCUT2D eigenvalue weighted by Crippen LogP contribution is 2.30. The quantitative estimate of drug-likeness (QED) is 0.472. The number of carbonyl (C=O) groups excluding carboxylic acids is 1. The molecule has 3 aromatic carbocycles. The second-order valence-corrected chi connectivity index (χ2v) is 11.4. The molecule has 1 amide bonds. The molecule has 0 aromatic heterocycles. The Morgan fingerprint density at radius 1 is 0.909 bits per heavy atom. The fourth-order valence-corrected chi connectivity index (χ4v) is 5.98. The summed E-state index contributed by atoms with van der Waals surface area (Å²) >= 11 is 0. The zero-order valence-corrected chi connectivity index (χ0v) is 19.4. The van der Waals surface area contributed by atoms with Crippen molar-refractivity contribution in [3.8, 4) is 0 Å². The van der Waals surface area contributed by atoms with E-state index in [4.69, 9.17) is 0 Å². The van der Waals surface area contributed by atoms with Gasteiger partial charge in [-0.1, -0.05) is 42.0 Å². The Kier molecular flexibility index (Phi) is 6.13. The van der Waals surface area contributed by atoms with Gasteiger partial charge in [0.05, 0.1) is 11.3 Å².